The maximum absolute atomic E-state index is 12.7. The zero-order valence-corrected chi connectivity index (χ0v) is 15.0. The van der Waals surface area contributed by atoms with E-state index in [1.165, 1.54) is 30.2 Å². The Morgan fingerprint density at radius 2 is 1.68 bits per heavy atom. The first-order chi connectivity index (χ1) is 13.3. The highest BCUT2D eigenvalue weighted by atomic mass is 32.2. The van der Waals surface area contributed by atoms with Crippen LogP contribution in [-0.4, -0.2) is 16.0 Å². The van der Waals surface area contributed by atoms with E-state index < -0.39 is 17.8 Å². The third kappa shape index (κ3) is 5.36. The van der Waals surface area contributed by atoms with Crippen LogP contribution < -0.4 is 16.4 Å². The van der Waals surface area contributed by atoms with Crippen LogP contribution in [0.1, 0.15) is 5.56 Å². The molecule has 1 heterocycles. The van der Waals surface area contributed by atoms with Crippen LogP contribution in [0.4, 0.5) is 35.2 Å². The molecular weight excluding hydrogens is 391 g/mol. The van der Waals surface area contributed by atoms with Crippen LogP contribution in [0.3, 0.4) is 0 Å². The molecule has 0 spiro atoms. The highest BCUT2D eigenvalue weighted by molar-refractivity contribution is 7.99. The van der Waals surface area contributed by atoms with Crippen LogP contribution in [0.2, 0.25) is 0 Å². The normalized spacial score (nSPS) is 11.1. The third-order valence-electron chi connectivity index (χ3n) is 3.45. The van der Waals surface area contributed by atoms with Gasteiger partial charge in [-0.1, -0.05) is 17.8 Å². The van der Waals surface area contributed by atoms with Gasteiger partial charge >= 0.3 is 12.2 Å². The van der Waals surface area contributed by atoms with Crippen molar-refractivity contribution in [1.29, 1.82) is 0 Å². The lowest BCUT2D eigenvalue weighted by Crippen LogP contribution is -2.19. The van der Waals surface area contributed by atoms with Crippen LogP contribution in [-0.2, 0) is 6.18 Å². The number of urea groups is 1. The molecule has 0 saturated carbocycles. The second kappa shape index (κ2) is 8.17. The van der Waals surface area contributed by atoms with Crippen LogP contribution in [0, 0.1) is 0 Å². The first-order valence-electron chi connectivity index (χ1n) is 7.90. The van der Waals surface area contributed by atoms with Crippen molar-refractivity contribution in [1.82, 2.24) is 9.97 Å². The number of hydrogen-bond donors (Lipinski definition) is 3. The van der Waals surface area contributed by atoms with Crippen molar-refractivity contribution in [2.75, 3.05) is 16.4 Å². The summed E-state index contributed by atoms with van der Waals surface area (Å²) < 4.78 is 38.2. The van der Waals surface area contributed by atoms with Gasteiger partial charge in [0.1, 0.15) is 17.2 Å². The van der Waals surface area contributed by atoms with Crippen molar-refractivity contribution >= 4 is 35.0 Å². The summed E-state index contributed by atoms with van der Waals surface area (Å²) in [6.45, 7) is 0. The Morgan fingerprint density at radius 3 is 2.36 bits per heavy atom. The van der Waals surface area contributed by atoms with Crippen molar-refractivity contribution in [2.24, 2.45) is 0 Å². The fraction of sp³-hybridized carbons (Fsp3) is 0.0556. The first kappa shape index (κ1) is 19.5. The average Bonchev–Trinajstić information content (AvgIpc) is 2.63. The van der Waals surface area contributed by atoms with E-state index in [4.69, 9.17) is 5.73 Å². The number of nitrogen functional groups attached to an aromatic ring is 1. The summed E-state index contributed by atoms with van der Waals surface area (Å²) in [5.74, 6) is 0.363. The summed E-state index contributed by atoms with van der Waals surface area (Å²) in [5, 5.41) is 5.62. The number of anilines is 3. The molecule has 3 aromatic rings. The molecule has 0 aliphatic rings. The van der Waals surface area contributed by atoms with Crippen LogP contribution >= 0.6 is 11.8 Å². The number of alkyl halides is 3. The van der Waals surface area contributed by atoms with Gasteiger partial charge in [0, 0.05) is 22.3 Å². The van der Waals surface area contributed by atoms with Crippen LogP contribution in [0.15, 0.2) is 70.8 Å². The summed E-state index contributed by atoms with van der Waals surface area (Å²) >= 11 is 1.37. The maximum atomic E-state index is 12.7. The zero-order valence-electron chi connectivity index (χ0n) is 14.2. The van der Waals surface area contributed by atoms with Gasteiger partial charge in [-0.05, 0) is 42.5 Å². The predicted molar refractivity (Wildman–Crippen MR) is 101 cm³/mol. The number of halogens is 3. The summed E-state index contributed by atoms with van der Waals surface area (Å²) in [6, 6.07) is 12.3. The van der Waals surface area contributed by atoms with Crippen molar-refractivity contribution in [3.8, 4) is 0 Å². The number of nitrogens with zero attached hydrogens (tertiary/aromatic N) is 2. The lowest BCUT2D eigenvalue weighted by molar-refractivity contribution is -0.137. The van der Waals surface area contributed by atoms with Gasteiger partial charge in [0.25, 0.3) is 0 Å². The largest absolute Gasteiger partial charge is 0.416 e. The molecule has 28 heavy (non-hydrogen) atoms. The van der Waals surface area contributed by atoms with Crippen molar-refractivity contribution in [3.63, 3.8) is 0 Å². The fourth-order valence-corrected chi connectivity index (χ4v) is 3.00. The Labute approximate surface area is 162 Å². The van der Waals surface area contributed by atoms with Crippen molar-refractivity contribution < 1.29 is 18.0 Å². The standard InChI is InChI=1S/C18H14F3N5OS/c19-18(20,21)11-2-1-3-13(8-11)26-17(27)25-12-4-6-14(7-5-12)28-16-9-15(22)23-10-24-16/h1-10H,(H2,22,23,24)(H2,25,26,27). The Morgan fingerprint density at radius 1 is 0.964 bits per heavy atom. The number of carbonyl (C=O) groups excluding carboxylic acids is 1. The van der Waals surface area contributed by atoms with Gasteiger partial charge < -0.3 is 16.4 Å². The zero-order chi connectivity index (χ0) is 20.1. The van der Waals surface area contributed by atoms with Gasteiger partial charge in [-0.15, -0.1) is 0 Å². The van der Waals surface area contributed by atoms with Gasteiger partial charge in [0.05, 0.1) is 5.56 Å². The number of rotatable bonds is 4. The molecule has 0 saturated heterocycles. The lowest BCUT2D eigenvalue weighted by Gasteiger charge is -2.11. The number of nitrogens with two attached hydrogens (primary N) is 1. The van der Waals surface area contributed by atoms with Gasteiger partial charge in [-0.2, -0.15) is 13.2 Å². The van der Waals surface area contributed by atoms with Crippen molar-refractivity contribution in [3.05, 3.63) is 66.5 Å². The van der Waals surface area contributed by atoms with Crippen LogP contribution in [0.5, 0.6) is 0 Å². The quantitative estimate of drug-likeness (QED) is 0.539. The number of amides is 2. The molecule has 0 fully saturated rings. The first-order valence-corrected chi connectivity index (χ1v) is 8.72. The van der Waals surface area contributed by atoms with Crippen LogP contribution in [0.25, 0.3) is 0 Å². The van der Waals surface area contributed by atoms with Crippen molar-refractivity contribution in [2.45, 2.75) is 16.1 Å². The Balaban J connectivity index is 1.60. The Kier molecular flexibility index (Phi) is 5.69. The molecule has 10 heteroatoms. The highest BCUT2D eigenvalue weighted by Gasteiger charge is 2.30. The highest BCUT2D eigenvalue weighted by Crippen LogP contribution is 2.31. The molecule has 0 atom stereocenters. The Hall–Kier alpha value is -3.27. The molecule has 0 unspecified atom stereocenters. The maximum Gasteiger partial charge on any atom is 0.416 e. The molecule has 0 bridgehead atoms. The number of carbonyl (C=O) groups is 1. The Bertz CT molecular complexity index is 979. The summed E-state index contributed by atoms with van der Waals surface area (Å²) in [4.78, 5) is 20.8. The molecular formula is C18H14F3N5OS. The number of hydrogen-bond acceptors (Lipinski definition) is 5. The molecule has 0 aliphatic carbocycles. The SMILES string of the molecule is Nc1cc(Sc2ccc(NC(=O)Nc3cccc(C(F)(F)F)c3)cc2)ncn1. The third-order valence-corrected chi connectivity index (χ3v) is 4.39. The molecule has 3 rings (SSSR count). The molecule has 0 radical (unpaired) electrons. The van der Waals surface area contributed by atoms with E-state index in [1.807, 2.05) is 0 Å². The minimum atomic E-state index is -4.48. The number of nitrogens with one attached hydrogen (secondary N) is 2. The molecule has 1 aromatic heterocycles. The smallest absolute Gasteiger partial charge is 0.384 e. The molecule has 2 aromatic carbocycles. The monoisotopic (exact) mass is 405 g/mol. The summed E-state index contributed by atoms with van der Waals surface area (Å²) in [5.41, 5.74) is 5.30. The molecule has 4 N–H and O–H groups in total. The molecule has 6 nitrogen and oxygen atoms in total. The predicted octanol–water partition coefficient (Wildman–Crippen LogP) is 4.87. The number of benzene rings is 2. The minimum absolute atomic E-state index is 0.0425. The second-order valence-corrected chi connectivity index (χ2v) is 6.66. The summed E-state index contributed by atoms with van der Waals surface area (Å²) in [7, 11) is 0. The minimum Gasteiger partial charge on any atom is -0.384 e. The second-order valence-electron chi connectivity index (χ2n) is 5.57. The number of aromatic nitrogens is 2. The molecule has 2 amide bonds. The summed E-state index contributed by atoms with van der Waals surface area (Å²) in [6.07, 6.45) is -3.11. The fourth-order valence-electron chi connectivity index (χ4n) is 2.20. The van der Waals surface area contributed by atoms with E-state index >= 15 is 0 Å². The van der Waals surface area contributed by atoms with E-state index in [9.17, 15) is 18.0 Å². The van der Waals surface area contributed by atoms with Gasteiger partial charge in [-0.3, -0.25) is 0 Å². The van der Waals surface area contributed by atoms with E-state index in [0.717, 1.165) is 17.0 Å². The van der Waals surface area contributed by atoms with Gasteiger partial charge in [-0.25, -0.2) is 14.8 Å². The molecule has 0 aliphatic heterocycles. The topological polar surface area (TPSA) is 92.9 Å². The van der Waals surface area contributed by atoms with Gasteiger partial charge in [0.2, 0.25) is 0 Å². The van der Waals surface area contributed by atoms with E-state index in [-0.39, 0.29) is 5.69 Å². The average molecular weight is 405 g/mol. The van der Waals surface area contributed by atoms with E-state index in [1.54, 1.807) is 30.3 Å². The van der Waals surface area contributed by atoms with E-state index in [2.05, 4.69) is 20.6 Å². The van der Waals surface area contributed by atoms with Gasteiger partial charge in [0.15, 0.2) is 0 Å². The molecule has 144 valence electrons. The lowest BCUT2D eigenvalue weighted by atomic mass is 10.2. The van der Waals surface area contributed by atoms with E-state index in [0.29, 0.717) is 16.5 Å².